The SMILES string of the molecule is Cc1cc(C)c(S(=O)(=O)N2CCN(Cc3nnc(-c4ccc(F)cc4)o3)CC2)c(C)c1. The van der Waals surface area contributed by atoms with Gasteiger partial charge in [-0.25, -0.2) is 12.8 Å². The lowest BCUT2D eigenvalue weighted by molar-refractivity contribution is 0.168. The molecule has 0 radical (unpaired) electrons. The zero-order valence-corrected chi connectivity index (χ0v) is 18.6. The van der Waals surface area contributed by atoms with Gasteiger partial charge in [0, 0.05) is 31.7 Å². The van der Waals surface area contributed by atoms with Gasteiger partial charge in [-0.05, 0) is 56.2 Å². The van der Waals surface area contributed by atoms with Crippen LogP contribution in [0.25, 0.3) is 11.5 Å². The molecule has 1 aliphatic rings. The van der Waals surface area contributed by atoms with Gasteiger partial charge in [0.2, 0.25) is 21.8 Å². The molecule has 0 spiro atoms. The minimum atomic E-state index is -3.55. The van der Waals surface area contributed by atoms with Crippen molar-refractivity contribution in [1.82, 2.24) is 19.4 Å². The van der Waals surface area contributed by atoms with Gasteiger partial charge in [-0.15, -0.1) is 10.2 Å². The Balaban J connectivity index is 1.41. The molecule has 0 saturated carbocycles. The molecule has 1 aliphatic heterocycles. The number of halogens is 1. The maximum Gasteiger partial charge on any atom is 0.247 e. The van der Waals surface area contributed by atoms with E-state index in [0.717, 1.165) is 16.7 Å². The second-order valence-corrected chi connectivity index (χ2v) is 9.79. The first-order valence-corrected chi connectivity index (χ1v) is 11.6. The minimum absolute atomic E-state index is 0.327. The van der Waals surface area contributed by atoms with Gasteiger partial charge in [-0.3, -0.25) is 4.90 Å². The quantitative estimate of drug-likeness (QED) is 0.601. The topological polar surface area (TPSA) is 79.5 Å². The molecule has 0 unspecified atom stereocenters. The van der Waals surface area contributed by atoms with Gasteiger partial charge in [-0.2, -0.15) is 4.31 Å². The van der Waals surface area contributed by atoms with Crippen LogP contribution < -0.4 is 0 Å². The summed E-state index contributed by atoms with van der Waals surface area (Å²) in [6.07, 6.45) is 0. The molecule has 3 aromatic rings. The van der Waals surface area contributed by atoms with E-state index >= 15 is 0 Å². The summed E-state index contributed by atoms with van der Waals surface area (Å²) in [6, 6.07) is 9.68. The van der Waals surface area contributed by atoms with Crippen LogP contribution in [0.4, 0.5) is 4.39 Å². The molecule has 31 heavy (non-hydrogen) atoms. The van der Waals surface area contributed by atoms with E-state index in [4.69, 9.17) is 4.42 Å². The molecule has 164 valence electrons. The predicted molar refractivity (Wildman–Crippen MR) is 114 cm³/mol. The largest absolute Gasteiger partial charge is 0.419 e. The Morgan fingerprint density at radius 2 is 1.58 bits per heavy atom. The smallest absolute Gasteiger partial charge is 0.247 e. The number of benzene rings is 2. The number of aryl methyl sites for hydroxylation is 3. The van der Waals surface area contributed by atoms with E-state index in [-0.39, 0.29) is 5.82 Å². The fourth-order valence-electron chi connectivity index (χ4n) is 4.05. The minimum Gasteiger partial charge on any atom is -0.419 e. The number of rotatable bonds is 5. The number of nitrogens with zero attached hydrogens (tertiary/aromatic N) is 4. The summed E-state index contributed by atoms with van der Waals surface area (Å²) in [4.78, 5) is 2.50. The van der Waals surface area contributed by atoms with Crippen molar-refractivity contribution in [3.63, 3.8) is 0 Å². The van der Waals surface area contributed by atoms with Gasteiger partial charge in [-0.1, -0.05) is 17.7 Å². The molecule has 0 N–H and O–H groups in total. The molecule has 0 amide bonds. The first-order valence-electron chi connectivity index (χ1n) is 10.1. The Labute approximate surface area is 181 Å². The van der Waals surface area contributed by atoms with E-state index in [2.05, 4.69) is 15.1 Å². The lowest BCUT2D eigenvalue weighted by Gasteiger charge is -2.33. The molecular formula is C22H25FN4O3S. The van der Waals surface area contributed by atoms with Crippen LogP contribution in [-0.2, 0) is 16.6 Å². The number of hydrogen-bond donors (Lipinski definition) is 0. The first kappa shape index (κ1) is 21.6. The highest BCUT2D eigenvalue weighted by molar-refractivity contribution is 7.89. The van der Waals surface area contributed by atoms with E-state index in [9.17, 15) is 12.8 Å². The summed E-state index contributed by atoms with van der Waals surface area (Å²) in [5.74, 6) is 0.453. The van der Waals surface area contributed by atoms with Crippen LogP contribution in [0.15, 0.2) is 45.7 Å². The van der Waals surface area contributed by atoms with Crippen LogP contribution in [0.3, 0.4) is 0 Å². The molecular weight excluding hydrogens is 419 g/mol. The molecule has 1 fully saturated rings. The fourth-order valence-corrected chi connectivity index (χ4v) is 5.88. The van der Waals surface area contributed by atoms with Gasteiger partial charge >= 0.3 is 0 Å². The zero-order chi connectivity index (χ0) is 22.2. The van der Waals surface area contributed by atoms with Crippen molar-refractivity contribution < 1.29 is 17.2 Å². The van der Waals surface area contributed by atoms with Crippen LogP contribution >= 0.6 is 0 Å². The molecule has 2 heterocycles. The van der Waals surface area contributed by atoms with Crippen LogP contribution in [0.1, 0.15) is 22.6 Å². The van der Waals surface area contributed by atoms with Crippen molar-refractivity contribution in [3.05, 3.63) is 64.8 Å². The van der Waals surface area contributed by atoms with Gasteiger partial charge in [0.1, 0.15) is 5.82 Å². The highest BCUT2D eigenvalue weighted by Gasteiger charge is 2.31. The predicted octanol–water partition coefficient (Wildman–Crippen LogP) is 3.31. The van der Waals surface area contributed by atoms with Crippen LogP contribution in [0.2, 0.25) is 0 Å². The van der Waals surface area contributed by atoms with Crippen LogP contribution in [-0.4, -0.2) is 54.0 Å². The summed E-state index contributed by atoms with van der Waals surface area (Å²) in [5.41, 5.74) is 3.26. The van der Waals surface area contributed by atoms with E-state index in [1.54, 1.807) is 16.4 Å². The lowest BCUT2D eigenvalue weighted by atomic mass is 10.1. The number of hydrogen-bond acceptors (Lipinski definition) is 6. The Hall–Kier alpha value is -2.62. The molecule has 2 aromatic carbocycles. The highest BCUT2D eigenvalue weighted by atomic mass is 32.2. The van der Waals surface area contributed by atoms with Crippen LogP contribution in [0.5, 0.6) is 0 Å². The molecule has 1 aromatic heterocycles. The molecule has 4 rings (SSSR count). The van der Waals surface area contributed by atoms with Crippen LogP contribution in [0, 0.1) is 26.6 Å². The third-order valence-corrected chi connectivity index (χ3v) is 7.66. The van der Waals surface area contributed by atoms with Gasteiger partial charge < -0.3 is 4.42 Å². The maximum absolute atomic E-state index is 13.2. The summed E-state index contributed by atoms with van der Waals surface area (Å²) in [7, 11) is -3.55. The summed E-state index contributed by atoms with van der Waals surface area (Å²) >= 11 is 0. The first-order chi connectivity index (χ1) is 14.7. The van der Waals surface area contributed by atoms with Crippen molar-refractivity contribution in [2.45, 2.75) is 32.2 Å². The van der Waals surface area contributed by atoms with Crippen molar-refractivity contribution >= 4 is 10.0 Å². The second kappa shape index (κ2) is 8.49. The third kappa shape index (κ3) is 4.53. The monoisotopic (exact) mass is 444 g/mol. The Morgan fingerprint density at radius 3 is 2.19 bits per heavy atom. The third-order valence-electron chi connectivity index (χ3n) is 5.45. The number of sulfonamides is 1. The Kier molecular flexibility index (Phi) is 5.92. The second-order valence-electron chi connectivity index (χ2n) is 7.92. The van der Waals surface area contributed by atoms with Crippen molar-refractivity contribution in [1.29, 1.82) is 0 Å². The van der Waals surface area contributed by atoms with E-state index in [1.165, 1.54) is 12.1 Å². The molecule has 1 saturated heterocycles. The van der Waals surface area contributed by atoms with Gasteiger partial charge in [0.05, 0.1) is 11.4 Å². The van der Waals surface area contributed by atoms with Gasteiger partial charge in [0.15, 0.2) is 0 Å². The zero-order valence-electron chi connectivity index (χ0n) is 17.8. The van der Waals surface area contributed by atoms with Gasteiger partial charge in [0.25, 0.3) is 0 Å². The standard InChI is InChI=1S/C22H25FN4O3S/c1-15-12-16(2)21(17(3)13-15)31(28,29)27-10-8-26(9-11-27)14-20-24-25-22(30-20)18-4-6-19(23)7-5-18/h4-7,12-13H,8-11,14H2,1-3H3. The fraction of sp³-hybridized carbons (Fsp3) is 0.364. The Morgan fingerprint density at radius 1 is 0.968 bits per heavy atom. The normalized spacial score (nSPS) is 16.0. The lowest BCUT2D eigenvalue weighted by Crippen LogP contribution is -2.48. The van der Waals surface area contributed by atoms with E-state index in [0.29, 0.717) is 55.0 Å². The average molecular weight is 445 g/mol. The molecule has 7 nitrogen and oxygen atoms in total. The molecule has 0 bridgehead atoms. The summed E-state index contributed by atoms with van der Waals surface area (Å²) in [6.45, 7) is 8.02. The van der Waals surface area contributed by atoms with Crippen molar-refractivity contribution in [2.24, 2.45) is 0 Å². The van der Waals surface area contributed by atoms with Crippen molar-refractivity contribution in [2.75, 3.05) is 26.2 Å². The molecule has 9 heteroatoms. The van der Waals surface area contributed by atoms with E-state index in [1.807, 2.05) is 32.9 Å². The molecule has 0 atom stereocenters. The highest BCUT2D eigenvalue weighted by Crippen LogP contribution is 2.26. The summed E-state index contributed by atoms with van der Waals surface area (Å²) in [5, 5.41) is 8.10. The average Bonchev–Trinajstić information content (AvgIpc) is 3.16. The van der Waals surface area contributed by atoms with E-state index < -0.39 is 10.0 Å². The van der Waals surface area contributed by atoms with Crippen molar-refractivity contribution in [3.8, 4) is 11.5 Å². The number of piperazine rings is 1. The molecule has 0 aliphatic carbocycles. The Bertz CT molecular complexity index is 1160. The maximum atomic E-state index is 13.2. The number of aromatic nitrogens is 2. The summed E-state index contributed by atoms with van der Waals surface area (Å²) < 4.78 is 46.8.